The van der Waals surface area contributed by atoms with Crippen LogP contribution in [-0.2, 0) is 4.79 Å². The van der Waals surface area contributed by atoms with Gasteiger partial charge in [-0.2, -0.15) is 0 Å². The highest BCUT2D eigenvalue weighted by atomic mass is 16.4. The van der Waals surface area contributed by atoms with Crippen LogP contribution in [0.4, 0.5) is 0 Å². The summed E-state index contributed by atoms with van der Waals surface area (Å²) in [6.45, 7) is 2.51. The predicted molar refractivity (Wildman–Crippen MR) is 84.5 cm³/mol. The van der Waals surface area contributed by atoms with Gasteiger partial charge in [-0.15, -0.1) is 0 Å². The van der Waals surface area contributed by atoms with Crippen molar-refractivity contribution in [2.75, 3.05) is 27.7 Å². The molecular weight excluding hydrogens is 266 g/mol. The summed E-state index contributed by atoms with van der Waals surface area (Å²) >= 11 is 0. The monoisotopic (exact) mass is 297 g/mol. The molecule has 21 heavy (non-hydrogen) atoms. The lowest BCUT2D eigenvalue weighted by molar-refractivity contribution is -0.876. The van der Waals surface area contributed by atoms with Crippen LogP contribution < -0.4 is 5.11 Å². The van der Waals surface area contributed by atoms with Crippen molar-refractivity contribution in [2.24, 2.45) is 0 Å². The molecule has 0 heterocycles. The molecule has 4 heteroatoms. The number of aliphatic hydroxyl groups is 1. The summed E-state index contributed by atoms with van der Waals surface area (Å²) in [6.07, 6.45) is 12.7. The van der Waals surface area contributed by atoms with Gasteiger partial charge >= 0.3 is 0 Å². The smallest absolute Gasteiger partial charge is 0.137 e. The molecule has 122 valence electrons. The number of hydrogen-bond acceptors (Lipinski definition) is 3. The van der Waals surface area contributed by atoms with Crippen LogP contribution in [-0.4, -0.2) is 48.8 Å². The van der Waals surface area contributed by atoms with Gasteiger partial charge in [0.2, 0.25) is 0 Å². The zero-order valence-corrected chi connectivity index (χ0v) is 14.0. The van der Waals surface area contributed by atoms with Crippen molar-refractivity contribution in [1.82, 2.24) is 0 Å². The first-order chi connectivity index (χ1) is 9.68. The molecule has 0 amide bonds. The summed E-state index contributed by atoms with van der Waals surface area (Å²) < 4.78 is 0.481. The second-order valence-electron chi connectivity index (χ2n) is 6.74. The number of nitrogens with zero attached hydrogens (tertiary/aromatic N) is 1. The Morgan fingerprint density at radius 2 is 1.86 bits per heavy atom. The summed E-state index contributed by atoms with van der Waals surface area (Å²) in [5, 5.41) is 21.2. The third kappa shape index (κ3) is 12.3. The number of aliphatic carboxylic acids is 1. The number of allylic oxidation sites excluding steroid dienone is 3. The van der Waals surface area contributed by atoms with Gasteiger partial charge in [0, 0.05) is 12.4 Å². The number of rotatable bonds is 11. The van der Waals surface area contributed by atoms with Crippen molar-refractivity contribution >= 4 is 5.97 Å². The Balaban J connectivity index is 4.42. The van der Waals surface area contributed by atoms with Crippen molar-refractivity contribution < 1.29 is 19.5 Å². The minimum atomic E-state index is -1.37. The highest BCUT2D eigenvalue weighted by Gasteiger charge is 2.30. The zero-order chi connectivity index (χ0) is 16.4. The van der Waals surface area contributed by atoms with Crippen LogP contribution >= 0.6 is 0 Å². The van der Waals surface area contributed by atoms with E-state index in [0.29, 0.717) is 11.0 Å². The minimum absolute atomic E-state index is 0.321. The van der Waals surface area contributed by atoms with Crippen LogP contribution in [0, 0.1) is 0 Å². The number of quaternary nitrogens is 1. The van der Waals surface area contributed by atoms with Crippen molar-refractivity contribution in [2.45, 2.75) is 51.0 Å². The third-order valence-electron chi connectivity index (χ3n) is 3.08. The molecule has 0 saturated carbocycles. The van der Waals surface area contributed by atoms with E-state index >= 15 is 0 Å². The fourth-order valence-corrected chi connectivity index (χ4v) is 2.34. The van der Waals surface area contributed by atoms with E-state index in [2.05, 4.69) is 13.0 Å². The van der Waals surface area contributed by atoms with E-state index in [0.717, 1.165) is 6.42 Å². The molecule has 0 bridgehead atoms. The molecule has 1 atom stereocenters. The lowest BCUT2D eigenvalue weighted by Gasteiger charge is -2.34. The Morgan fingerprint density at radius 1 is 1.19 bits per heavy atom. The van der Waals surface area contributed by atoms with Crippen LogP contribution in [0.3, 0.4) is 0 Å². The number of carboxylic acids is 1. The maximum Gasteiger partial charge on any atom is 0.137 e. The Hall–Kier alpha value is -1.13. The maximum absolute atomic E-state index is 10.8. The molecule has 0 fully saturated rings. The van der Waals surface area contributed by atoms with Gasteiger partial charge in [-0.1, -0.05) is 44.4 Å². The average Bonchev–Trinajstić information content (AvgIpc) is 2.29. The van der Waals surface area contributed by atoms with Gasteiger partial charge < -0.3 is 19.5 Å². The molecule has 0 rings (SSSR count). The first-order valence-corrected chi connectivity index (χ1v) is 7.75. The van der Waals surface area contributed by atoms with Gasteiger partial charge in [-0.3, -0.25) is 0 Å². The number of carbonyl (C=O) groups excluding carboxylic acids is 1. The molecule has 0 radical (unpaired) electrons. The molecule has 0 unspecified atom stereocenters. The Kier molecular flexibility index (Phi) is 9.22. The van der Waals surface area contributed by atoms with Crippen LogP contribution in [0.1, 0.15) is 45.4 Å². The number of carbonyl (C=O) groups is 1. The first-order valence-electron chi connectivity index (χ1n) is 7.75. The SMILES string of the molecule is CCCCCCC=CC=C[C@@](O)(CC(=O)[O-])C[N+](C)(C)C. The van der Waals surface area contributed by atoms with Gasteiger partial charge in [-0.25, -0.2) is 0 Å². The molecule has 0 aliphatic rings. The molecule has 1 N–H and O–H groups in total. The van der Waals surface area contributed by atoms with Crippen molar-refractivity contribution in [3.8, 4) is 0 Å². The number of carboxylic acid groups (broad SMARTS) is 1. The van der Waals surface area contributed by atoms with Crippen LogP contribution in [0.5, 0.6) is 0 Å². The van der Waals surface area contributed by atoms with E-state index in [4.69, 9.17) is 0 Å². The summed E-state index contributed by atoms with van der Waals surface area (Å²) in [7, 11) is 5.74. The van der Waals surface area contributed by atoms with Crippen molar-refractivity contribution in [3.05, 3.63) is 24.3 Å². The molecular formula is C17H31NO3. The summed E-state index contributed by atoms with van der Waals surface area (Å²) in [6, 6.07) is 0. The second-order valence-corrected chi connectivity index (χ2v) is 6.74. The lowest BCUT2D eigenvalue weighted by Crippen LogP contribution is -2.50. The number of likely N-dealkylation sites (N-methyl/N-ethyl adjacent to an activating group) is 1. The van der Waals surface area contributed by atoms with Gasteiger partial charge in [0.1, 0.15) is 12.1 Å². The second kappa shape index (κ2) is 9.74. The van der Waals surface area contributed by atoms with Crippen LogP contribution in [0.15, 0.2) is 24.3 Å². The Labute approximate surface area is 129 Å². The first kappa shape index (κ1) is 19.9. The van der Waals surface area contributed by atoms with Gasteiger partial charge in [0.05, 0.1) is 21.1 Å². The highest BCUT2D eigenvalue weighted by Crippen LogP contribution is 2.16. The van der Waals surface area contributed by atoms with E-state index in [1.165, 1.54) is 25.7 Å². The Morgan fingerprint density at radius 3 is 2.38 bits per heavy atom. The maximum atomic E-state index is 10.8. The van der Waals surface area contributed by atoms with E-state index in [9.17, 15) is 15.0 Å². The zero-order valence-electron chi connectivity index (χ0n) is 14.0. The normalized spacial score (nSPS) is 15.7. The lowest BCUT2D eigenvalue weighted by atomic mass is 9.97. The summed E-state index contributed by atoms with van der Waals surface area (Å²) in [5.41, 5.74) is -1.37. The van der Waals surface area contributed by atoms with E-state index in [1.54, 1.807) is 12.2 Å². The van der Waals surface area contributed by atoms with E-state index in [-0.39, 0.29) is 6.42 Å². The molecule has 4 nitrogen and oxygen atoms in total. The van der Waals surface area contributed by atoms with Crippen molar-refractivity contribution in [1.29, 1.82) is 0 Å². The standard InChI is InChI=1S/C17H31NO3/c1-5-6-7-8-9-10-11-12-13-17(21,14-16(19)20)15-18(2,3)4/h10-13,21H,5-9,14-15H2,1-4H3/t17-/m1/s1. The molecule has 0 aliphatic heterocycles. The predicted octanol–water partition coefficient (Wildman–Crippen LogP) is 1.65. The topological polar surface area (TPSA) is 60.4 Å². The molecule has 0 aromatic rings. The van der Waals surface area contributed by atoms with E-state index in [1.807, 2.05) is 27.2 Å². The molecule has 0 aliphatic carbocycles. The minimum Gasteiger partial charge on any atom is -0.550 e. The highest BCUT2D eigenvalue weighted by molar-refractivity contribution is 5.66. The molecule has 0 aromatic heterocycles. The fraction of sp³-hybridized carbons (Fsp3) is 0.706. The van der Waals surface area contributed by atoms with E-state index < -0.39 is 11.6 Å². The van der Waals surface area contributed by atoms with Crippen LogP contribution in [0.2, 0.25) is 0 Å². The largest absolute Gasteiger partial charge is 0.550 e. The van der Waals surface area contributed by atoms with Crippen molar-refractivity contribution in [3.63, 3.8) is 0 Å². The molecule has 0 saturated heterocycles. The van der Waals surface area contributed by atoms with Gasteiger partial charge in [0.25, 0.3) is 0 Å². The fourth-order valence-electron chi connectivity index (χ4n) is 2.34. The summed E-state index contributed by atoms with van der Waals surface area (Å²) in [4.78, 5) is 10.8. The quantitative estimate of drug-likeness (QED) is 0.358. The third-order valence-corrected chi connectivity index (χ3v) is 3.08. The average molecular weight is 297 g/mol. The number of hydrogen-bond donors (Lipinski definition) is 1. The van der Waals surface area contributed by atoms with Crippen LogP contribution in [0.25, 0.3) is 0 Å². The molecule has 0 spiro atoms. The number of unbranched alkanes of at least 4 members (excludes halogenated alkanes) is 4. The van der Waals surface area contributed by atoms with Gasteiger partial charge in [0.15, 0.2) is 0 Å². The molecule has 0 aromatic carbocycles. The van der Waals surface area contributed by atoms with Gasteiger partial charge in [-0.05, 0) is 18.9 Å². The summed E-state index contributed by atoms with van der Waals surface area (Å²) in [5.74, 6) is -1.24. The Bertz CT molecular complexity index is 356.